The molecular formula is C25H23FN2O. The van der Waals surface area contributed by atoms with E-state index in [4.69, 9.17) is 0 Å². The number of amides is 1. The highest BCUT2D eigenvalue weighted by Gasteiger charge is 2.40. The third-order valence-corrected chi connectivity index (χ3v) is 6.56. The largest absolute Gasteiger partial charge is 0.308 e. The highest BCUT2D eigenvalue weighted by molar-refractivity contribution is 5.98. The van der Waals surface area contributed by atoms with Crippen LogP contribution in [-0.2, 0) is 17.6 Å². The summed E-state index contributed by atoms with van der Waals surface area (Å²) in [5.41, 5.74) is 6.29. The Kier molecular flexibility index (Phi) is 4.23. The second-order valence-electron chi connectivity index (χ2n) is 8.24. The van der Waals surface area contributed by atoms with Gasteiger partial charge in [0.25, 0.3) is 0 Å². The van der Waals surface area contributed by atoms with Gasteiger partial charge in [0.1, 0.15) is 5.82 Å². The van der Waals surface area contributed by atoms with E-state index in [9.17, 15) is 9.18 Å². The van der Waals surface area contributed by atoms with Crippen molar-refractivity contribution < 1.29 is 9.18 Å². The lowest BCUT2D eigenvalue weighted by Crippen LogP contribution is -2.41. The lowest BCUT2D eigenvalue weighted by molar-refractivity contribution is -0.122. The third kappa shape index (κ3) is 2.94. The summed E-state index contributed by atoms with van der Waals surface area (Å²) in [7, 11) is 0. The Morgan fingerprint density at radius 1 is 1.03 bits per heavy atom. The number of carbonyl (C=O) groups is 1. The molecule has 3 atom stereocenters. The number of carbonyl (C=O) groups excluding carboxylic acids is 1. The molecule has 2 heterocycles. The lowest BCUT2D eigenvalue weighted by atomic mass is 9.98. The van der Waals surface area contributed by atoms with Crippen LogP contribution in [0.25, 0.3) is 11.3 Å². The number of hydrogen-bond donors (Lipinski definition) is 0. The van der Waals surface area contributed by atoms with E-state index in [0.29, 0.717) is 0 Å². The van der Waals surface area contributed by atoms with Crippen LogP contribution in [-0.4, -0.2) is 16.9 Å². The molecule has 0 unspecified atom stereocenters. The summed E-state index contributed by atoms with van der Waals surface area (Å²) < 4.78 is 13.7. The normalized spacial score (nSPS) is 22.4. The van der Waals surface area contributed by atoms with Gasteiger partial charge >= 0.3 is 0 Å². The third-order valence-electron chi connectivity index (χ3n) is 6.56. The maximum absolute atomic E-state index is 13.7. The van der Waals surface area contributed by atoms with Crippen LogP contribution in [0.3, 0.4) is 0 Å². The Morgan fingerprint density at radius 2 is 1.86 bits per heavy atom. The van der Waals surface area contributed by atoms with Gasteiger partial charge in [-0.3, -0.25) is 9.78 Å². The molecule has 5 rings (SSSR count). The van der Waals surface area contributed by atoms with Gasteiger partial charge in [-0.2, -0.15) is 0 Å². The Balaban J connectivity index is 1.42. The van der Waals surface area contributed by atoms with Crippen LogP contribution in [0, 0.1) is 11.7 Å². The van der Waals surface area contributed by atoms with Gasteiger partial charge in [-0.1, -0.05) is 25.1 Å². The maximum Gasteiger partial charge on any atom is 0.231 e. The van der Waals surface area contributed by atoms with Crippen molar-refractivity contribution in [2.24, 2.45) is 5.92 Å². The maximum atomic E-state index is 13.7. The second kappa shape index (κ2) is 6.80. The number of halogens is 1. The zero-order valence-electron chi connectivity index (χ0n) is 16.6. The summed E-state index contributed by atoms with van der Waals surface area (Å²) in [6.45, 7) is 4.13. The zero-order valence-corrected chi connectivity index (χ0v) is 16.6. The first-order valence-electron chi connectivity index (χ1n) is 10.2. The molecule has 1 amide bonds. The van der Waals surface area contributed by atoms with Gasteiger partial charge in [0, 0.05) is 35.3 Å². The first-order valence-corrected chi connectivity index (χ1v) is 10.2. The minimum Gasteiger partial charge on any atom is -0.308 e. The molecule has 0 saturated carbocycles. The first kappa shape index (κ1) is 18.0. The Bertz CT molecular complexity index is 1100. The SMILES string of the molecule is C[C@@H]1c2cc(F)ccc2N(C(=O)[C@@H]2Cc3ccc(-c4ccccn4)cc3C2)[C@H]1C. The summed E-state index contributed by atoms with van der Waals surface area (Å²) in [5.74, 6) is -0.0449. The monoisotopic (exact) mass is 386 g/mol. The number of aromatic nitrogens is 1. The van der Waals surface area contributed by atoms with Crippen molar-refractivity contribution in [2.45, 2.75) is 38.6 Å². The van der Waals surface area contributed by atoms with Gasteiger partial charge < -0.3 is 4.90 Å². The topological polar surface area (TPSA) is 33.2 Å². The smallest absolute Gasteiger partial charge is 0.231 e. The van der Waals surface area contributed by atoms with E-state index in [1.807, 2.05) is 23.1 Å². The predicted octanol–water partition coefficient (Wildman–Crippen LogP) is 5.14. The van der Waals surface area contributed by atoms with Crippen molar-refractivity contribution in [3.8, 4) is 11.3 Å². The highest BCUT2D eigenvalue weighted by atomic mass is 19.1. The van der Waals surface area contributed by atoms with Crippen LogP contribution in [0.5, 0.6) is 0 Å². The van der Waals surface area contributed by atoms with Crippen molar-refractivity contribution >= 4 is 11.6 Å². The van der Waals surface area contributed by atoms with Gasteiger partial charge in [0.2, 0.25) is 5.91 Å². The quantitative estimate of drug-likeness (QED) is 0.611. The number of nitrogens with zero attached hydrogens (tertiary/aromatic N) is 2. The molecule has 1 aromatic heterocycles. The fourth-order valence-corrected chi connectivity index (χ4v) is 4.81. The Morgan fingerprint density at radius 3 is 2.66 bits per heavy atom. The number of rotatable bonds is 2. The van der Waals surface area contributed by atoms with Gasteiger partial charge in [0.05, 0.1) is 5.69 Å². The van der Waals surface area contributed by atoms with Crippen molar-refractivity contribution in [3.63, 3.8) is 0 Å². The molecular weight excluding hydrogens is 363 g/mol. The van der Waals surface area contributed by atoms with E-state index in [1.54, 1.807) is 18.3 Å². The summed E-state index contributed by atoms with van der Waals surface area (Å²) in [4.78, 5) is 19.8. The van der Waals surface area contributed by atoms with Crippen LogP contribution in [0.1, 0.15) is 36.5 Å². The fourth-order valence-electron chi connectivity index (χ4n) is 4.81. The number of pyridine rings is 1. The number of anilines is 1. The molecule has 3 aromatic rings. The van der Waals surface area contributed by atoms with Gasteiger partial charge in [-0.25, -0.2) is 4.39 Å². The van der Waals surface area contributed by atoms with E-state index in [0.717, 1.165) is 35.3 Å². The molecule has 0 radical (unpaired) electrons. The summed E-state index contributed by atoms with van der Waals surface area (Å²) >= 11 is 0. The zero-order chi connectivity index (χ0) is 20.1. The molecule has 146 valence electrons. The molecule has 1 aliphatic heterocycles. The molecule has 2 aliphatic rings. The Labute approximate surface area is 170 Å². The minimum absolute atomic E-state index is 0.0343. The predicted molar refractivity (Wildman–Crippen MR) is 112 cm³/mol. The molecule has 4 heteroatoms. The average molecular weight is 386 g/mol. The van der Waals surface area contributed by atoms with Crippen LogP contribution < -0.4 is 4.90 Å². The van der Waals surface area contributed by atoms with Crippen LogP contribution >= 0.6 is 0 Å². The van der Waals surface area contributed by atoms with Gasteiger partial charge in [0.15, 0.2) is 0 Å². The van der Waals surface area contributed by atoms with Gasteiger partial charge in [-0.15, -0.1) is 0 Å². The number of fused-ring (bicyclic) bond motifs is 2. The van der Waals surface area contributed by atoms with Crippen molar-refractivity contribution in [1.29, 1.82) is 0 Å². The van der Waals surface area contributed by atoms with E-state index >= 15 is 0 Å². The molecule has 0 saturated heterocycles. The van der Waals surface area contributed by atoms with E-state index < -0.39 is 0 Å². The van der Waals surface area contributed by atoms with Crippen LogP contribution in [0.2, 0.25) is 0 Å². The Hall–Kier alpha value is -3.01. The molecule has 0 N–H and O–H groups in total. The standard InChI is InChI=1S/C25H23FN2O/c1-15-16(2)28(24-9-8-21(26)14-22(15)24)25(29)20-11-17-6-7-18(12-19(17)13-20)23-5-3-4-10-27-23/h3-10,12,14-16,20H,11,13H2,1-2H3/t15-,16-,20+/m0/s1. The summed E-state index contributed by atoms with van der Waals surface area (Å²) in [5, 5.41) is 0. The molecule has 3 nitrogen and oxygen atoms in total. The van der Waals surface area contributed by atoms with Crippen LogP contribution in [0.4, 0.5) is 10.1 Å². The highest BCUT2D eigenvalue weighted by Crippen LogP contribution is 2.43. The molecule has 2 aromatic carbocycles. The summed E-state index contributed by atoms with van der Waals surface area (Å²) in [6, 6.07) is 17.1. The van der Waals surface area contributed by atoms with Crippen LogP contribution in [0.15, 0.2) is 60.8 Å². The molecule has 29 heavy (non-hydrogen) atoms. The fraction of sp³-hybridized carbons (Fsp3) is 0.280. The molecule has 1 aliphatic carbocycles. The number of hydrogen-bond acceptors (Lipinski definition) is 2. The lowest BCUT2D eigenvalue weighted by Gasteiger charge is -2.27. The number of benzene rings is 2. The molecule has 0 spiro atoms. The summed E-state index contributed by atoms with van der Waals surface area (Å²) in [6.07, 6.45) is 3.29. The first-order chi connectivity index (χ1) is 14.0. The van der Waals surface area contributed by atoms with Crippen molar-refractivity contribution in [3.05, 3.63) is 83.3 Å². The molecule has 0 bridgehead atoms. The second-order valence-corrected chi connectivity index (χ2v) is 8.24. The van der Waals surface area contributed by atoms with E-state index in [2.05, 4.69) is 37.0 Å². The van der Waals surface area contributed by atoms with Crippen molar-refractivity contribution in [2.75, 3.05) is 4.90 Å². The van der Waals surface area contributed by atoms with E-state index in [-0.39, 0.29) is 29.6 Å². The average Bonchev–Trinajstić information content (AvgIpc) is 3.27. The minimum atomic E-state index is -0.243. The van der Waals surface area contributed by atoms with E-state index in [1.165, 1.54) is 17.2 Å². The van der Waals surface area contributed by atoms with Gasteiger partial charge in [-0.05, 0) is 72.9 Å². The van der Waals surface area contributed by atoms with Crippen molar-refractivity contribution in [1.82, 2.24) is 4.98 Å². The molecule has 0 fully saturated rings.